The Hall–Kier alpha value is -4.17. The first-order valence-corrected chi connectivity index (χ1v) is 20.7. The van der Waals surface area contributed by atoms with E-state index in [1.54, 1.807) is 13.0 Å². The van der Waals surface area contributed by atoms with Crippen LogP contribution in [0.5, 0.6) is 5.75 Å². The van der Waals surface area contributed by atoms with E-state index in [4.69, 9.17) is 14.9 Å². The molecule has 0 aliphatic carbocycles. The smallest absolute Gasteiger partial charge is 0.420 e. The van der Waals surface area contributed by atoms with Crippen LogP contribution in [-0.2, 0) is 41.0 Å². The normalized spacial score (nSPS) is 11.7. The van der Waals surface area contributed by atoms with Crippen LogP contribution in [0.15, 0.2) is 92.4 Å². The minimum Gasteiger partial charge on any atom is -0.481 e. The predicted octanol–water partition coefficient (Wildman–Crippen LogP) is 14.1. The maximum Gasteiger partial charge on any atom is 0.420 e. The number of carboxylic acid groups (broad SMARTS) is 2. The lowest BCUT2D eigenvalue weighted by Crippen LogP contribution is -2.14. The van der Waals surface area contributed by atoms with E-state index in [1.807, 2.05) is 0 Å². The Morgan fingerprint density at radius 2 is 1.11 bits per heavy atom. The molecule has 4 rings (SSSR count). The largest absolute Gasteiger partial charge is 0.481 e. The molecule has 0 fully saturated rings. The number of ether oxygens (including phenoxy) is 1. The highest BCUT2D eigenvalue weighted by atomic mass is 32.2. The van der Waals surface area contributed by atoms with Crippen molar-refractivity contribution >= 4 is 47.2 Å². The number of hydrogen-bond acceptors (Lipinski definition) is 6. The van der Waals surface area contributed by atoms with Crippen LogP contribution < -0.4 is 4.74 Å². The number of hydrogen-bond donors (Lipinski definition) is 2. The van der Waals surface area contributed by atoms with Gasteiger partial charge in [-0.2, -0.15) is 39.5 Å². The first-order valence-electron chi connectivity index (χ1n) is 17.9. The SMILES string of the molecule is CCC(=O)O.CF.Cc1ccc(SCCCc2ccc(Sc3ccc(CCCSc4ccc(OCC(=O)O)c(C(F)(F)F)c4)cc3C(F)(F)F)c(C(F)F)c2)cc1C(F)(F)F. The van der Waals surface area contributed by atoms with Crippen molar-refractivity contribution in [2.45, 2.75) is 90.5 Å². The Balaban J connectivity index is 0.00000170. The van der Waals surface area contributed by atoms with Gasteiger partial charge in [-0.05, 0) is 115 Å². The van der Waals surface area contributed by atoms with Gasteiger partial charge in [-0.1, -0.05) is 36.9 Å². The van der Waals surface area contributed by atoms with Gasteiger partial charge in [-0.15, -0.1) is 23.5 Å². The molecule has 0 aliphatic heterocycles. The van der Waals surface area contributed by atoms with Crippen molar-refractivity contribution in [3.63, 3.8) is 0 Å². The second-order valence-electron chi connectivity index (χ2n) is 12.6. The third kappa shape index (κ3) is 18.0. The monoisotopic (exact) mass is 936 g/mol. The van der Waals surface area contributed by atoms with E-state index in [0.29, 0.717) is 48.0 Å². The molecule has 4 aromatic carbocycles. The topological polar surface area (TPSA) is 83.8 Å². The Morgan fingerprint density at radius 1 is 0.639 bits per heavy atom. The van der Waals surface area contributed by atoms with Gasteiger partial charge >= 0.3 is 30.5 Å². The van der Waals surface area contributed by atoms with Crippen LogP contribution in [-0.4, -0.2) is 47.4 Å². The molecule has 5 nitrogen and oxygen atoms in total. The molecule has 0 bridgehead atoms. The van der Waals surface area contributed by atoms with E-state index >= 15 is 0 Å². The van der Waals surface area contributed by atoms with Gasteiger partial charge in [0.15, 0.2) is 6.61 Å². The highest BCUT2D eigenvalue weighted by Crippen LogP contribution is 2.44. The summed E-state index contributed by atoms with van der Waals surface area (Å²) in [5, 5.41) is 16.4. The van der Waals surface area contributed by atoms with Crippen molar-refractivity contribution in [3.8, 4) is 5.75 Å². The molecule has 20 heteroatoms. The van der Waals surface area contributed by atoms with E-state index in [-0.39, 0.29) is 50.8 Å². The molecule has 0 radical (unpaired) electrons. The van der Waals surface area contributed by atoms with Gasteiger partial charge in [0.05, 0.1) is 23.9 Å². The fraction of sp³-hybridized carbons (Fsp3) is 0.366. The molecule has 4 aromatic rings. The quantitative estimate of drug-likeness (QED) is 0.0615. The Bertz CT molecular complexity index is 2040. The average molecular weight is 937 g/mol. The molecule has 0 saturated heterocycles. The number of aliphatic carboxylic acids is 2. The fourth-order valence-electron chi connectivity index (χ4n) is 5.19. The third-order valence-corrected chi connectivity index (χ3v) is 11.4. The predicted molar refractivity (Wildman–Crippen MR) is 211 cm³/mol. The van der Waals surface area contributed by atoms with Crippen LogP contribution in [0.25, 0.3) is 0 Å². The third-order valence-electron chi connectivity index (χ3n) is 8.06. The first-order chi connectivity index (χ1) is 28.5. The summed E-state index contributed by atoms with van der Waals surface area (Å²) in [7, 11) is 0.500. The number of halogens is 12. The van der Waals surface area contributed by atoms with Gasteiger partial charge in [0, 0.05) is 31.6 Å². The number of carboxylic acids is 2. The summed E-state index contributed by atoms with van der Waals surface area (Å²) >= 11 is 2.76. The maximum absolute atomic E-state index is 14.2. The average Bonchev–Trinajstić information content (AvgIpc) is 3.18. The van der Waals surface area contributed by atoms with Crippen LogP contribution in [0.3, 0.4) is 0 Å². The second kappa shape index (κ2) is 24.5. The van der Waals surface area contributed by atoms with Crippen molar-refractivity contribution in [2.24, 2.45) is 0 Å². The van der Waals surface area contributed by atoms with Gasteiger partial charge in [0.2, 0.25) is 0 Å². The standard InChI is InChI=1S/C37H31F11O3S3.C3H6O2.CH3F/c1-21-6-9-24(18-27(21)35(40,41)42)52-14-2-4-22-7-12-31(26(16-22)34(38)39)54-32-13-8-23(17-29(32)37(46,47)48)5-3-15-53-25-10-11-30(51-20-33(49)50)28(19-25)36(43,44)45;1-2-3(4)5;1-2/h6-13,16-19,34H,2-5,14-15,20H2,1H3,(H,49,50);2H2,1H3,(H,4,5);1H3. The summed E-state index contributed by atoms with van der Waals surface area (Å²) in [6.45, 7) is 2.00. The summed E-state index contributed by atoms with van der Waals surface area (Å²) in [5.41, 5.74) is -2.51. The second-order valence-corrected chi connectivity index (χ2v) is 16.0. The number of carbonyl (C=O) groups is 2. The van der Waals surface area contributed by atoms with Crippen LogP contribution >= 0.6 is 35.3 Å². The van der Waals surface area contributed by atoms with Gasteiger partial charge in [-0.25, -0.2) is 13.6 Å². The van der Waals surface area contributed by atoms with Crippen LogP contribution in [0, 0.1) is 6.92 Å². The van der Waals surface area contributed by atoms with E-state index < -0.39 is 71.5 Å². The molecule has 0 amide bonds. The molecule has 0 unspecified atom stereocenters. The lowest BCUT2D eigenvalue weighted by molar-refractivity contribution is -0.143. The van der Waals surface area contributed by atoms with Crippen molar-refractivity contribution < 1.29 is 77.2 Å². The lowest BCUT2D eigenvalue weighted by atomic mass is 10.1. The molecule has 0 saturated carbocycles. The summed E-state index contributed by atoms with van der Waals surface area (Å²) < 4.78 is 165. The fourth-order valence-corrected chi connectivity index (χ4v) is 8.03. The summed E-state index contributed by atoms with van der Waals surface area (Å²) in [6.07, 6.45) is -15.8. The molecule has 61 heavy (non-hydrogen) atoms. The molecule has 2 N–H and O–H groups in total. The summed E-state index contributed by atoms with van der Waals surface area (Å²) in [5.74, 6) is -2.21. The number of aryl methyl sites for hydroxylation is 3. The molecule has 336 valence electrons. The Kier molecular flexibility index (Phi) is 21.2. The van der Waals surface area contributed by atoms with Crippen molar-refractivity contribution in [2.75, 3.05) is 25.3 Å². The molecule has 0 aliphatic rings. The van der Waals surface area contributed by atoms with Gasteiger partial charge in [-0.3, -0.25) is 9.18 Å². The maximum atomic E-state index is 14.2. The van der Waals surface area contributed by atoms with Crippen molar-refractivity contribution in [1.82, 2.24) is 0 Å². The van der Waals surface area contributed by atoms with E-state index in [1.165, 1.54) is 61.2 Å². The molecular formula is C41H40F12O5S3. The zero-order valence-corrected chi connectivity index (χ0v) is 35.0. The minimum atomic E-state index is -4.83. The highest BCUT2D eigenvalue weighted by molar-refractivity contribution is 7.99. The van der Waals surface area contributed by atoms with Crippen LogP contribution in [0.4, 0.5) is 52.7 Å². The summed E-state index contributed by atoms with van der Waals surface area (Å²) in [6, 6.07) is 14.7. The first kappa shape index (κ1) is 53.0. The van der Waals surface area contributed by atoms with Gasteiger partial charge in [0.1, 0.15) is 5.75 Å². The Morgan fingerprint density at radius 3 is 1.59 bits per heavy atom. The van der Waals surface area contributed by atoms with Gasteiger partial charge in [0.25, 0.3) is 6.43 Å². The highest BCUT2D eigenvalue weighted by Gasteiger charge is 2.36. The number of rotatable bonds is 17. The molecule has 0 heterocycles. The number of benzene rings is 4. The molecular weight excluding hydrogens is 897 g/mol. The summed E-state index contributed by atoms with van der Waals surface area (Å²) in [4.78, 5) is 20.3. The van der Waals surface area contributed by atoms with E-state index in [2.05, 4.69) is 0 Å². The molecule has 0 spiro atoms. The van der Waals surface area contributed by atoms with Crippen LogP contribution in [0.2, 0.25) is 0 Å². The minimum absolute atomic E-state index is 0.0743. The zero-order chi connectivity index (χ0) is 46.1. The number of thioether (sulfide) groups is 2. The van der Waals surface area contributed by atoms with Crippen molar-refractivity contribution in [3.05, 3.63) is 112 Å². The van der Waals surface area contributed by atoms with E-state index in [9.17, 15) is 62.3 Å². The van der Waals surface area contributed by atoms with Gasteiger partial charge < -0.3 is 14.9 Å². The van der Waals surface area contributed by atoms with Crippen molar-refractivity contribution in [1.29, 1.82) is 0 Å². The van der Waals surface area contributed by atoms with E-state index in [0.717, 1.165) is 36.0 Å². The zero-order valence-electron chi connectivity index (χ0n) is 32.5. The lowest BCUT2D eigenvalue weighted by Gasteiger charge is -2.17. The number of alkyl halides is 12. The molecule has 0 aromatic heterocycles. The Labute approximate surface area is 356 Å². The molecule has 0 atom stereocenters. The van der Waals surface area contributed by atoms with Crippen LogP contribution in [0.1, 0.15) is 71.6 Å².